The minimum atomic E-state index is -0.792. The van der Waals surface area contributed by atoms with Crippen molar-refractivity contribution in [3.8, 4) is 0 Å². The number of rotatable bonds is 21. The SMILES string of the molecule is CCCCCCCCCCCC[P+](CCCN(C)C)(CCCN(C)C)CC(C)C.[Cl-]. The maximum atomic E-state index is 2.46. The monoisotopic (exact) mass is 464 g/mol. The molecular weight excluding hydrogens is 407 g/mol. The van der Waals surface area contributed by atoms with Crippen LogP contribution in [0.2, 0.25) is 0 Å². The van der Waals surface area contributed by atoms with Crippen LogP contribution in [0.25, 0.3) is 0 Å². The quantitative estimate of drug-likeness (QED) is 0.182. The predicted molar refractivity (Wildman–Crippen MR) is 139 cm³/mol. The molecule has 30 heavy (non-hydrogen) atoms. The molecule has 0 aromatic rings. The molecule has 0 unspecified atom stereocenters. The Hall–Kier alpha value is 0.640. The molecule has 4 heteroatoms. The van der Waals surface area contributed by atoms with E-state index in [9.17, 15) is 0 Å². The molecule has 0 amide bonds. The molecule has 0 aliphatic heterocycles. The number of hydrogen-bond donors (Lipinski definition) is 0. The Bertz CT molecular complexity index is 334. The standard InChI is InChI=1S/C26H58N2P.ClH/c1-8-9-10-11-12-13-14-15-16-17-22-29(25-26(2)3,23-18-20-27(4)5)24-19-21-28(6)7;/h26H,8-25H2,1-7H3;1H/q+1;/p-1. The Balaban J connectivity index is 0. The molecule has 0 spiro atoms. The molecule has 0 heterocycles. The maximum Gasteiger partial charge on any atom is 0.0617 e. The van der Waals surface area contributed by atoms with E-state index in [1.54, 1.807) is 6.16 Å². The van der Waals surface area contributed by atoms with Gasteiger partial charge in [0.15, 0.2) is 0 Å². The van der Waals surface area contributed by atoms with Crippen molar-refractivity contribution in [3.63, 3.8) is 0 Å². The Kier molecular flexibility index (Phi) is 23.5. The van der Waals surface area contributed by atoms with Crippen LogP contribution in [0.1, 0.15) is 97.8 Å². The molecule has 0 bridgehead atoms. The zero-order valence-corrected chi connectivity index (χ0v) is 23.7. The molecular formula is C26H58ClN2P. The van der Waals surface area contributed by atoms with Crippen LogP contribution < -0.4 is 12.4 Å². The van der Waals surface area contributed by atoms with E-state index in [2.05, 4.69) is 58.8 Å². The largest absolute Gasteiger partial charge is 1.00 e. The average Bonchev–Trinajstić information content (AvgIpc) is 2.62. The molecule has 2 nitrogen and oxygen atoms in total. The summed E-state index contributed by atoms with van der Waals surface area (Å²) in [4.78, 5) is 4.76. The fraction of sp³-hybridized carbons (Fsp3) is 1.00. The predicted octanol–water partition coefficient (Wildman–Crippen LogP) is 4.49. The molecule has 0 radical (unpaired) electrons. The summed E-state index contributed by atoms with van der Waals surface area (Å²) in [5, 5.41) is 0. The van der Waals surface area contributed by atoms with E-state index in [1.807, 2.05) is 0 Å². The number of hydrogen-bond acceptors (Lipinski definition) is 2. The first-order valence-electron chi connectivity index (χ1n) is 13.0. The molecule has 0 N–H and O–H groups in total. The van der Waals surface area contributed by atoms with Gasteiger partial charge < -0.3 is 22.2 Å². The summed E-state index contributed by atoms with van der Waals surface area (Å²) >= 11 is 0. The van der Waals surface area contributed by atoms with Crippen LogP contribution in [-0.4, -0.2) is 75.7 Å². The van der Waals surface area contributed by atoms with Gasteiger partial charge in [-0.2, -0.15) is 0 Å². The summed E-state index contributed by atoms with van der Waals surface area (Å²) in [7, 11) is 8.14. The van der Waals surface area contributed by atoms with Gasteiger partial charge in [-0.15, -0.1) is 0 Å². The molecule has 0 fully saturated rings. The highest BCUT2D eigenvalue weighted by atomic mass is 35.5. The van der Waals surface area contributed by atoms with Gasteiger partial charge in [-0.25, -0.2) is 0 Å². The highest BCUT2D eigenvalue weighted by Crippen LogP contribution is 2.61. The third-order valence-electron chi connectivity index (χ3n) is 6.21. The van der Waals surface area contributed by atoms with E-state index in [0.717, 1.165) is 5.92 Å². The summed E-state index contributed by atoms with van der Waals surface area (Å²) in [6.07, 6.45) is 23.6. The molecule has 184 valence electrons. The van der Waals surface area contributed by atoms with E-state index < -0.39 is 7.26 Å². The smallest absolute Gasteiger partial charge is 0.0617 e. The van der Waals surface area contributed by atoms with Crippen molar-refractivity contribution in [1.82, 2.24) is 9.80 Å². The van der Waals surface area contributed by atoms with Crippen molar-refractivity contribution in [3.05, 3.63) is 0 Å². The van der Waals surface area contributed by atoms with Crippen molar-refractivity contribution in [2.45, 2.75) is 97.8 Å². The molecule has 0 aliphatic rings. The highest BCUT2D eigenvalue weighted by molar-refractivity contribution is 7.75. The summed E-state index contributed by atoms with van der Waals surface area (Å²) in [5.41, 5.74) is 0. The van der Waals surface area contributed by atoms with Crippen LogP contribution in [0, 0.1) is 5.92 Å². The van der Waals surface area contributed by atoms with E-state index in [4.69, 9.17) is 0 Å². The van der Waals surface area contributed by atoms with Crippen LogP contribution in [0.4, 0.5) is 0 Å². The number of halogens is 1. The zero-order chi connectivity index (χ0) is 22.0. The number of nitrogens with zero attached hydrogens (tertiary/aromatic N) is 2. The van der Waals surface area contributed by atoms with Gasteiger partial charge in [0, 0.05) is 20.4 Å². The molecule has 0 rings (SSSR count). The van der Waals surface area contributed by atoms with Gasteiger partial charge in [0.05, 0.1) is 24.6 Å². The normalized spacial score (nSPS) is 12.2. The van der Waals surface area contributed by atoms with Crippen molar-refractivity contribution in [2.75, 3.05) is 65.9 Å². The van der Waals surface area contributed by atoms with Gasteiger partial charge in [-0.1, -0.05) is 72.1 Å². The van der Waals surface area contributed by atoms with Crippen molar-refractivity contribution in [2.24, 2.45) is 5.92 Å². The third kappa shape index (κ3) is 20.5. The molecule has 0 atom stereocenters. The van der Waals surface area contributed by atoms with Crippen LogP contribution in [0.15, 0.2) is 0 Å². The summed E-state index contributed by atoms with van der Waals surface area (Å²) in [5.74, 6) is 0.866. The molecule has 0 aliphatic carbocycles. The summed E-state index contributed by atoms with van der Waals surface area (Å²) < 4.78 is 0. The maximum absolute atomic E-state index is 2.46. The lowest BCUT2D eigenvalue weighted by Crippen LogP contribution is -3.00. The van der Waals surface area contributed by atoms with Gasteiger partial charge >= 0.3 is 0 Å². The average molecular weight is 465 g/mol. The van der Waals surface area contributed by atoms with Gasteiger partial charge in [0.25, 0.3) is 0 Å². The molecule has 0 saturated carbocycles. The first-order chi connectivity index (χ1) is 13.8. The van der Waals surface area contributed by atoms with Crippen LogP contribution in [0.5, 0.6) is 0 Å². The minimum Gasteiger partial charge on any atom is -1.00 e. The van der Waals surface area contributed by atoms with Gasteiger partial charge in [0.2, 0.25) is 0 Å². The van der Waals surface area contributed by atoms with E-state index in [0.29, 0.717) is 0 Å². The fourth-order valence-corrected chi connectivity index (χ4v) is 10.0. The lowest BCUT2D eigenvalue weighted by molar-refractivity contribution is -0.00000694. The Morgan fingerprint density at radius 1 is 0.567 bits per heavy atom. The molecule has 0 aromatic carbocycles. The topological polar surface area (TPSA) is 6.48 Å². The fourth-order valence-electron chi connectivity index (χ4n) is 4.76. The lowest BCUT2D eigenvalue weighted by Gasteiger charge is -2.30. The van der Waals surface area contributed by atoms with Crippen molar-refractivity contribution in [1.29, 1.82) is 0 Å². The minimum absolute atomic E-state index is 0. The van der Waals surface area contributed by atoms with E-state index in [-0.39, 0.29) is 12.4 Å². The second-order valence-electron chi connectivity index (χ2n) is 10.6. The van der Waals surface area contributed by atoms with Gasteiger partial charge in [-0.3, -0.25) is 0 Å². The first kappa shape index (κ1) is 32.8. The highest BCUT2D eigenvalue weighted by Gasteiger charge is 2.36. The Morgan fingerprint density at radius 2 is 0.933 bits per heavy atom. The summed E-state index contributed by atoms with van der Waals surface area (Å²) in [6.45, 7) is 9.77. The Labute approximate surface area is 199 Å². The Morgan fingerprint density at radius 3 is 1.30 bits per heavy atom. The van der Waals surface area contributed by atoms with Crippen LogP contribution >= 0.6 is 7.26 Å². The van der Waals surface area contributed by atoms with Gasteiger partial charge in [-0.05, 0) is 59.8 Å². The van der Waals surface area contributed by atoms with Crippen LogP contribution in [0.3, 0.4) is 0 Å². The van der Waals surface area contributed by atoms with E-state index >= 15 is 0 Å². The summed E-state index contributed by atoms with van der Waals surface area (Å²) in [6, 6.07) is 0. The zero-order valence-electron chi connectivity index (χ0n) is 22.0. The lowest BCUT2D eigenvalue weighted by atomic mass is 10.1. The van der Waals surface area contributed by atoms with Crippen LogP contribution in [-0.2, 0) is 0 Å². The van der Waals surface area contributed by atoms with Crippen molar-refractivity contribution < 1.29 is 12.4 Å². The van der Waals surface area contributed by atoms with E-state index in [1.165, 1.54) is 109 Å². The second kappa shape index (κ2) is 21.5. The first-order valence-corrected chi connectivity index (χ1v) is 15.5. The third-order valence-corrected chi connectivity index (χ3v) is 11.5. The van der Waals surface area contributed by atoms with Gasteiger partial charge in [0.1, 0.15) is 0 Å². The molecule has 0 aromatic heterocycles. The second-order valence-corrected chi connectivity index (χ2v) is 15.0. The number of unbranched alkanes of at least 4 members (excludes halogenated alkanes) is 9. The van der Waals surface area contributed by atoms with Crippen molar-refractivity contribution >= 4 is 7.26 Å². The molecule has 0 saturated heterocycles.